The van der Waals surface area contributed by atoms with Crippen LogP contribution in [0, 0.1) is 0 Å². The van der Waals surface area contributed by atoms with E-state index in [9.17, 15) is 8.42 Å². The number of rotatable bonds is 6. The van der Waals surface area contributed by atoms with Crippen molar-refractivity contribution in [3.63, 3.8) is 0 Å². The Balaban J connectivity index is 1.41. The normalized spacial score (nSPS) is 16.8. The molecule has 1 atom stereocenters. The van der Waals surface area contributed by atoms with E-state index in [-0.39, 0.29) is 11.4 Å². The molecule has 1 aliphatic rings. The number of hydrogen-bond acceptors (Lipinski definition) is 4. The minimum Gasteiger partial charge on any atom is -0.489 e. The first-order chi connectivity index (χ1) is 16.9. The van der Waals surface area contributed by atoms with Crippen molar-refractivity contribution in [2.45, 2.75) is 24.2 Å². The molecule has 0 unspecified atom stereocenters. The Morgan fingerprint density at radius 2 is 1.51 bits per heavy atom. The summed E-state index contributed by atoms with van der Waals surface area (Å²) in [6.07, 6.45) is -0.570. The predicted octanol–water partition coefficient (Wildman–Crippen LogP) is 6.89. The highest BCUT2D eigenvalue weighted by atomic mass is 35.5. The van der Waals surface area contributed by atoms with Crippen LogP contribution in [0.4, 0.5) is 5.69 Å². The topological polar surface area (TPSA) is 58.6 Å². The first-order valence-corrected chi connectivity index (χ1v) is 13.2. The van der Waals surface area contributed by atoms with Crippen LogP contribution in [0.15, 0.2) is 102 Å². The number of fused-ring (bicyclic) bond motifs is 1. The highest BCUT2D eigenvalue weighted by molar-refractivity contribution is 7.89. The first kappa shape index (κ1) is 23.7. The van der Waals surface area contributed by atoms with Crippen LogP contribution in [0.1, 0.15) is 22.9 Å². The quantitative estimate of drug-likeness (QED) is 0.298. The number of hydrogen-bond donors (Lipinski definition) is 1. The van der Waals surface area contributed by atoms with Gasteiger partial charge < -0.3 is 10.1 Å². The second-order valence-electron chi connectivity index (χ2n) is 8.19. The van der Waals surface area contributed by atoms with Gasteiger partial charge >= 0.3 is 0 Å². The summed E-state index contributed by atoms with van der Waals surface area (Å²) in [7, 11) is -3.73. The smallest absolute Gasteiger partial charge is 0.247 e. The average Bonchev–Trinajstić information content (AvgIpc) is 2.87. The zero-order valence-electron chi connectivity index (χ0n) is 18.6. The predicted molar refractivity (Wildman–Crippen MR) is 139 cm³/mol. The molecule has 0 saturated carbocycles. The van der Waals surface area contributed by atoms with Crippen LogP contribution >= 0.6 is 23.2 Å². The van der Waals surface area contributed by atoms with Crippen molar-refractivity contribution in [1.29, 1.82) is 0 Å². The number of ether oxygens (including phenoxy) is 1. The molecule has 1 heterocycles. The van der Waals surface area contributed by atoms with Gasteiger partial charge in [0.25, 0.3) is 0 Å². The summed E-state index contributed by atoms with van der Waals surface area (Å²) in [6, 6.07) is 29.3. The number of halogens is 2. The van der Waals surface area contributed by atoms with E-state index in [0.717, 1.165) is 16.7 Å². The van der Waals surface area contributed by atoms with E-state index in [1.807, 2.05) is 66.7 Å². The van der Waals surface area contributed by atoms with Gasteiger partial charge in [0.2, 0.25) is 10.0 Å². The van der Waals surface area contributed by atoms with E-state index in [0.29, 0.717) is 28.1 Å². The molecule has 0 amide bonds. The molecule has 0 spiro atoms. The Hall–Kier alpha value is -3.03. The zero-order valence-corrected chi connectivity index (χ0v) is 20.9. The molecule has 0 aromatic heterocycles. The summed E-state index contributed by atoms with van der Waals surface area (Å²) >= 11 is 12.1. The molecule has 8 heteroatoms. The van der Waals surface area contributed by atoms with Crippen LogP contribution < -0.4 is 10.1 Å². The van der Waals surface area contributed by atoms with Crippen molar-refractivity contribution in [3.8, 4) is 5.75 Å². The third-order valence-corrected chi connectivity index (χ3v) is 8.43. The van der Waals surface area contributed by atoms with Crippen molar-refractivity contribution < 1.29 is 13.2 Å². The molecular weight excluding hydrogens is 503 g/mol. The van der Waals surface area contributed by atoms with Crippen molar-refractivity contribution in [2.24, 2.45) is 0 Å². The summed E-state index contributed by atoms with van der Waals surface area (Å²) in [4.78, 5) is 0.272. The molecule has 4 aromatic rings. The highest BCUT2D eigenvalue weighted by Gasteiger charge is 2.38. The lowest BCUT2D eigenvalue weighted by atomic mass is 10.1. The molecule has 4 aromatic carbocycles. The summed E-state index contributed by atoms with van der Waals surface area (Å²) in [5.74, 6) is 0.661. The van der Waals surface area contributed by atoms with Crippen molar-refractivity contribution in [1.82, 2.24) is 4.31 Å². The molecule has 0 radical (unpaired) electrons. The zero-order chi connectivity index (χ0) is 24.4. The van der Waals surface area contributed by atoms with Crippen molar-refractivity contribution in [3.05, 3.63) is 124 Å². The van der Waals surface area contributed by atoms with Crippen LogP contribution in [0.25, 0.3) is 0 Å². The van der Waals surface area contributed by atoms with E-state index in [1.165, 1.54) is 4.31 Å². The van der Waals surface area contributed by atoms with Gasteiger partial charge in [0, 0.05) is 6.54 Å². The Morgan fingerprint density at radius 1 is 0.800 bits per heavy atom. The monoisotopic (exact) mass is 524 g/mol. The lowest BCUT2D eigenvalue weighted by molar-refractivity contribution is 0.305. The number of nitrogens with one attached hydrogen (secondary N) is 1. The molecule has 5 rings (SSSR count). The number of nitrogens with zero attached hydrogens (tertiary/aromatic N) is 1. The van der Waals surface area contributed by atoms with Gasteiger partial charge in [0.05, 0.1) is 15.7 Å². The van der Waals surface area contributed by atoms with E-state index in [4.69, 9.17) is 27.9 Å². The van der Waals surface area contributed by atoms with E-state index >= 15 is 0 Å². The fourth-order valence-corrected chi connectivity index (χ4v) is 6.03. The van der Waals surface area contributed by atoms with Gasteiger partial charge in [0.15, 0.2) is 0 Å². The lowest BCUT2D eigenvalue weighted by Gasteiger charge is -2.37. The standard InChI is InChI=1S/C27H22Cl2N2O3S/c28-23-15-10-20(16-24(23)29)18-34-22-13-11-21(12-14-22)27-30-25-8-4-5-9-26(25)35(32,33)31(27)17-19-6-2-1-3-7-19/h1-16,27,30H,17-18H2/t27-/m0/s1. The number of benzene rings is 4. The van der Waals surface area contributed by atoms with Crippen LogP contribution in [-0.2, 0) is 23.2 Å². The maximum absolute atomic E-state index is 13.6. The van der Waals surface area contributed by atoms with Gasteiger partial charge in [-0.2, -0.15) is 4.31 Å². The Bertz CT molecular complexity index is 1450. The Morgan fingerprint density at radius 3 is 2.26 bits per heavy atom. The maximum atomic E-state index is 13.6. The lowest BCUT2D eigenvalue weighted by Crippen LogP contribution is -2.42. The van der Waals surface area contributed by atoms with Gasteiger partial charge in [0.1, 0.15) is 23.4 Å². The molecule has 1 aliphatic heterocycles. The summed E-state index contributed by atoms with van der Waals surface area (Å²) < 4.78 is 34.6. The molecule has 0 aliphatic carbocycles. The summed E-state index contributed by atoms with van der Waals surface area (Å²) in [5.41, 5.74) is 3.20. The molecule has 178 valence electrons. The summed E-state index contributed by atoms with van der Waals surface area (Å²) in [5, 5.41) is 4.38. The van der Waals surface area contributed by atoms with E-state index < -0.39 is 16.2 Å². The number of anilines is 1. The van der Waals surface area contributed by atoms with E-state index in [2.05, 4.69) is 5.32 Å². The molecule has 0 saturated heterocycles. The van der Waals surface area contributed by atoms with Gasteiger partial charge in [-0.1, -0.05) is 83.9 Å². The van der Waals surface area contributed by atoms with Gasteiger partial charge in [-0.05, 0) is 53.1 Å². The Labute approximate surface area is 214 Å². The first-order valence-electron chi connectivity index (χ1n) is 11.0. The van der Waals surface area contributed by atoms with Gasteiger partial charge in [-0.3, -0.25) is 0 Å². The third kappa shape index (κ3) is 5.02. The molecular formula is C27H22Cl2N2O3S. The van der Waals surface area contributed by atoms with Crippen molar-refractivity contribution in [2.75, 3.05) is 5.32 Å². The van der Waals surface area contributed by atoms with Crippen LogP contribution in [0.5, 0.6) is 5.75 Å². The van der Waals surface area contributed by atoms with Crippen LogP contribution in [-0.4, -0.2) is 12.7 Å². The fraction of sp³-hybridized carbons (Fsp3) is 0.111. The molecule has 35 heavy (non-hydrogen) atoms. The van der Waals surface area contributed by atoms with Crippen LogP contribution in [0.2, 0.25) is 10.0 Å². The number of sulfonamides is 1. The molecule has 1 N–H and O–H groups in total. The minimum atomic E-state index is -3.73. The summed E-state index contributed by atoms with van der Waals surface area (Å²) in [6.45, 7) is 0.574. The largest absolute Gasteiger partial charge is 0.489 e. The molecule has 0 bridgehead atoms. The van der Waals surface area contributed by atoms with Crippen molar-refractivity contribution >= 4 is 38.9 Å². The molecule has 0 fully saturated rings. The second-order valence-corrected chi connectivity index (χ2v) is 10.9. The average molecular weight is 525 g/mol. The minimum absolute atomic E-state index is 0.241. The fourth-order valence-electron chi connectivity index (χ4n) is 4.03. The SMILES string of the molecule is O=S1(=O)c2ccccc2N[C@H](c2ccc(OCc3ccc(Cl)c(Cl)c3)cc2)N1Cc1ccccc1. The second kappa shape index (κ2) is 9.91. The molecule has 5 nitrogen and oxygen atoms in total. The van der Waals surface area contributed by atoms with Crippen LogP contribution in [0.3, 0.4) is 0 Å². The van der Waals surface area contributed by atoms with Gasteiger partial charge in [-0.25, -0.2) is 8.42 Å². The highest BCUT2D eigenvalue weighted by Crippen LogP contribution is 2.39. The van der Waals surface area contributed by atoms with Gasteiger partial charge in [-0.15, -0.1) is 0 Å². The maximum Gasteiger partial charge on any atom is 0.247 e. The third-order valence-electron chi connectivity index (χ3n) is 5.82. The van der Waals surface area contributed by atoms with E-state index in [1.54, 1.807) is 30.3 Å². The Kier molecular flexibility index (Phi) is 6.71. The number of para-hydroxylation sites is 1.